The molecular formula is C22H28N2O3S. The summed E-state index contributed by atoms with van der Waals surface area (Å²) in [6.07, 6.45) is 1.39. The molecule has 0 aromatic heterocycles. The number of rotatable bonds is 5. The number of amides is 1. The van der Waals surface area contributed by atoms with Crippen molar-refractivity contribution >= 4 is 21.6 Å². The second-order valence-corrected chi connectivity index (χ2v) is 9.67. The van der Waals surface area contributed by atoms with Gasteiger partial charge in [-0.2, -0.15) is 0 Å². The maximum atomic E-state index is 12.9. The van der Waals surface area contributed by atoms with Crippen molar-refractivity contribution in [2.24, 2.45) is 5.92 Å². The smallest absolute Gasteiger partial charge is 0.228 e. The second-order valence-electron chi connectivity index (χ2n) is 7.70. The van der Waals surface area contributed by atoms with Crippen molar-refractivity contribution in [3.8, 4) is 0 Å². The Bertz CT molecular complexity index is 932. The van der Waals surface area contributed by atoms with Crippen LogP contribution in [0.4, 0.5) is 5.69 Å². The van der Waals surface area contributed by atoms with Crippen molar-refractivity contribution in [1.82, 2.24) is 4.31 Å². The Morgan fingerprint density at radius 3 is 2.39 bits per heavy atom. The number of piperidine rings is 1. The summed E-state index contributed by atoms with van der Waals surface area (Å²) in [5.41, 5.74) is 4.80. The zero-order valence-electron chi connectivity index (χ0n) is 16.7. The number of hydrogen-bond acceptors (Lipinski definition) is 3. The average Bonchev–Trinajstić information content (AvgIpc) is 2.65. The Labute approximate surface area is 167 Å². The molecular weight excluding hydrogens is 372 g/mol. The number of hydrogen-bond donors (Lipinski definition) is 1. The number of benzene rings is 2. The molecule has 3 rings (SSSR count). The zero-order valence-corrected chi connectivity index (χ0v) is 17.6. The number of sulfonamides is 1. The number of anilines is 1. The van der Waals surface area contributed by atoms with Crippen LogP contribution in [0.1, 0.15) is 35.1 Å². The van der Waals surface area contributed by atoms with Gasteiger partial charge in [0.25, 0.3) is 0 Å². The van der Waals surface area contributed by atoms with Gasteiger partial charge in [0.2, 0.25) is 15.9 Å². The molecule has 2 aromatic carbocycles. The van der Waals surface area contributed by atoms with Crippen LogP contribution in [0.2, 0.25) is 0 Å². The molecule has 1 aliphatic heterocycles. The Morgan fingerprint density at radius 2 is 1.75 bits per heavy atom. The molecule has 0 unspecified atom stereocenters. The maximum Gasteiger partial charge on any atom is 0.228 e. The first-order valence-corrected chi connectivity index (χ1v) is 11.3. The zero-order chi connectivity index (χ0) is 20.3. The molecule has 0 aliphatic carbocycles. The second kappa shape index (κ2) is 8.45. The van der Waals surface area contributed by atoms with E-state index in [0.29, 0.717) is 19.4 Å². The lowest BCUT2D eigenvalue weighted by Gasteiger charge is -2.31. The summed E-state index contributed by atoms with van der Waals surface area (Å²) in [7, 11) is -3.44. The topological polar surface area (TPSA) is 66.5 Å². The van der Waals surface area contributed by atoms with Crippen LogP contribution in [0, 0.1) is 26.7 Å². The molecule has 150 valence electrons. The first-order chi connectivity index (χ1) is 13.3. The predicted octanol–water partition coefficient (Wildman–Crippen LogP) is 3.79. The van der Waals surface area contributed by atoms with E-state index >= 15 is 0 Å². The van der Waals surface area contributed by atoms with Gasteiger partial charge in [-0.15, -0.1) is 0 Å². The van der Waals surface area contributed by atoms with Gasteiger partial charge in [0.15, 0.2) is 0 Å². The molecule has 1 amide bonds. The van der Waals surface area contributed by atoms with Gasteiger partial charge in [-0.05, 0) is 50.3 Å². The summed E-state index contributed by atoms with van der Waals surface area (Å²) < 4.78 is 27.1. The normalized spacial score (nSPS) is 18.0. The monoisotopic (exact) mass is 400 g/mol. The van der Waals surface area contributed by atoms with Crippen LogP contribution in [0.3, 0.4) is 0 Å². The van der Waals surface area contributed by atoms with E-state index < -0.39 is 10.0 Å². The van der Waals surface area contributed by atoms with Crippen molar-refractivity contribution in [3.63, 3.8) is 0 Å². The third-order valence-corrected chi connectivity index (χ3v) is 7.08. The van der Waals surface area contributed by atoms with E-state index in [0.717, 1.165) is 27.9 Å². The van der Waals surface area contributed by atoms with Crippen molar-refractivity contribution in [3.05, 3.63) is 64.7 Å². The maximum absolute atomic E-state index is 12.9. The fourth-order valence-electron chi connectivity index (χ4n) is 3.89. The molecule has 1 fully saturated rings. The minimum atomic E-state index is -3.44. The molecule has 0 radical (unpaired) electrons. The van der Waals surface area contributed by atoms with Crippen molar-refractivity contribution < 1.29 is 13.2 Å². The largest absolute Gasteiger partial charge is 0.325 e. The first kappa shape index (κ1) is 20.6. The number of nitrogens with zero attached hydrogens (tertiary/aromatic N) is 1. The van der Waals surface area contributed by atoms with Gasteiger partial charge in [0.05, 0.1) is 11.7 Å². The van der Waals surface area contributed by atoms with E-state index in [9.17, 15) is 13.2 Å². The standard InChI is InChI=1S/C22H28N2O3S/c1-16-12-17(2)21(18(3)13-16)23-22(25)20-10-7-11-24(14-20)28(26,27)15-19-8-5-4-6-9-19/h4-6,8-9,12-13,20H,7,10-11,14-15H2,1-3H3,(H,23,25)/t20-/m0/s1. The van der Waals surface area contributed by atoms with Gasteiger partial charge in [-0.25, -0.2) is 12.7 Å². The minimum Gasteiger partial charge on any atom is -0.325 e. The SMILES string of the molecule is Cc1cc(C)c(NC(=O)[C@H]2CCCN(S(=O)(=O)Cc3ccccc3)C2)c(C)c1. The quantitative estimate of drug-likeness (QED) is 0.830. The molecule has 1 saturated heterocycles. The fourth-order valence-corrected chi connectivity index (χ4v) is 5.50. The molecule has 6 heteroatoms. The number of nitrogens with one attached hydrogen (secondary N) is 1. The van der Waals surface area contributed by atoms with Crippen LogP contribution >= 0.6 is 0 Å². The third-order valence-electron chi connectivity index (χ3n) is 5.27. The molecule has 0 spiro atoms. The van der Waals surface area contributed by atoms with Crippen LogP contribution in [0.25, 0.3) is 0 Å². The lowest BCUT2D eigenvalue weighted by atomic mass is 9.98. The van der Waals surface area contributed by atoms with E-state index in [1.165, 1.54) is 4.31 Å². The average molecular weight is 401 g/mol. The third kappa shape index (κ3) is 4.80. The van der Waals surface area contributed by atoms with Crippen LogP contribution in [-0.4, -0.2) is 31.7 Å². The molecule has 2 aromatic rings. The van der Waals surface area contributed by atoms with E-state index in [-0.39, 0.29) is 24.1 Å². The molecule has 1 aliphatic rings. The highest BCUT2D eigenvalue weighted by atomic mass is 32.2. The molecule has 1 heterocycles. The Morgan fingerprint density at radius 1 is 1.11 bits per heavy atom. The summed E-state index contributed by atoms with van der Waals surface area (Å²) >= 11 is 0. The Kier molecular flexibility index (Phi) is 6.20. The predicted molar refractivity (Wildman–Crippen MR) is 113 cm³/mol. The fraction of sp³-hybridized carbons (Fsp3) is 0.409. The van der Waals surface area contributed by atoms with Gasteiger partial charge < -0.3 is 5.32 Å². The summed E-state index contributed by atoms with van der Waals surface area (Å²) in [5, 5.41) is 3.04. The van der Waals surface area contributed by atoms with E-state index in [1.54, 1.807) is 0 Å². The van der Waals surface area contributed by atoms with Crippen LogP contribution in [0.15, 0.2) is 42.5 Å². The van der Waals surface area contributed by atoms with Gasteiger partial charge in [0.1, 0.15) is 0 Å². The Balaban J connectivity index is 1.70. The first-order valence-electron chi connectivity index (χ1n) is 9.67. The van der Waals surface area contributed by atoms with Gasteiger partial charge in [0, 0.05) is 18.8 Å². The summed E-state index contributed by atoms with van der Waals surface area (Å²) in [4.78, 5) is 12.9. The van der Waals surface area contributed by atoms with Crippen molar-refractivity contribution in [1.29, 1.82) is 0 Å². The summed E-state index contributed by atoms with van der Waals surface area (Å²) in [6, 6.07) is 13.3. The number of carbonyl (C=O) groups excluding carboxylic acids is 1. The van der Waals surface area contributed by atoms with Crippen LogP contribution in [0.5, 0.6) is 0 Å². The van der Waals surface area contributed by atoms with Gasteiger partial charge >= 0.3 is 0 Å². The van der Waals surface area contributed by atoms with Crippen LogP contribution in [-0.2, 0) is 20.6 Å². The number of carbonyl (C=O) groups is 1. The molecule has 1 atom stereocenters. The molecule has 5 nitrogen and oxygen atoms in total. The molecule has 1 N–H and O–H groups in total. The van der Waals surface area contributed by atoms with Crippen molar-refractivity contribution in [2.75, 3.05) is 18.4 Å². The van der Waals surface area contributed by atoms with E-state index in [2.05, 4.69) is 5.32 Å². The highest BCUT2D eigenvalue weighted by Crippen LogP contribution is 2.26. The summed E-state index contributed by atoms with van der Waals surface area (Å²) in [5.74, 6) is -0.465. The highest BCUT2D eigenvalue weighted by molar-refractivity contribution is 7.88. The van der Waals surface area contributed by atoms with Crippen LogP contribution < -0.4 is 5.32 Å². The minimum absolute atomic E-state index is 0.0294. The highest BCUT2D eigenvalue weighted by Gasteiger charge is 2.32. The van der Waals surface area contributed by atoms with Gasteiger partial charge in [-0.3, -0.25) is 4.79 Å². The van der Waals surface area contributed by atoms with Crippen molar-refractivity contribution in [2.45, 2.75) is 39.4 Å². The van der Waals surface area contributed by atoms with Gasteiger partial charge in [-0.1, -0.05) is 48.0 Å². The summed E-state index contributed by atoms with van der Waals surface area (Å²) in [6.45, 7) is 6.70. The lowest BCUT2D eigenvalue weighted by Crippen LogP contribution is -2.44. The van der Waals surface area contributed by atoms with E-state index in [4.69, 9.17) is 0 Å². The molecule has 28 heavy (non-hydrogen) atoms. The molecule has 0 saturated carbocycles. The number of aryl methyl sites for hydroxylation is 3. The molecule has 0 bridgehead atoms. The lowest BCUT2D eigenvalue weighted by molar-refractivity contribution is -0.120. The Hall–Kier alpha value is -2.18. The van der Waals surface area contributed by atoms with E-state index in [1.807, 2.05) is 63.2 Å².